The van der Waals surface area contributed by atoms with Crippen molar-refractivity contribution in [2.24, 2.45) is 0 Å². The van der Waals surface area contributed by atoms with Crippen LogP contribution >= 0.6 is 31.9 Å². The lowest BCUT2D eigenvalue weighted by atomic mass is 10.4. The summed E-state index contributed by atoms with van der Waals surface area (Å²) < 4.78 is 0.296. The summed E-state index contributed by atoms with van der Waals surface area (Å²) in [6.45, 7) is 0. The van der Waals surface area contributed by atoms with Gasteiger partial charge in [0.1, 0.15) is 6.29 Å². The summed E-state index contributed by atoms with van der Waals surface area (Å²) in [5, 5.41) is 0. The summed E-state index contributed by atoms with van der Waals surface area (Å²) in [7, 11) is 0. The second-order valence-electron chi connectivity index (χ2n) is 1.14. The lowest BCUT2D eigenvalue weighted by Crippen LogP contribution is -1.83. The monoisotopic (exact) mass is 228 g/mol. The minimum atomic E-state index is 0.296. The smallest absolute Gasteiger partial charge is 0.120 e. The molecule has 0 spiro atoms. The Morgan fingerprint density at radius 3 is 2.29 bits per heavy atom. The first-order valence-corrected chi connectivity index (χ1v) is 3.82. The van der Waals surface area contributed by atoms with E-state index in [4.69, 9.17) is 0 Å². The first-order valence-electron chi connectivity index (χ1n) is 1.99. The van der Waals surface area contributed by atoms with Crippen LogP contribution in [0.4, 0.5) is 0 Å². The molecule has 0 aromatic heterocycles. The van der Waals surface area contributed by atoms with Gasteiger partial charge in [-0.15, -0.1) is 0 Å². The summed E-state index contributed by atoms with van der Waals surface area (Å²) >= 11 is 6.47. The summed E-state index contributed by atoms with van der Waals surface area (Å²) in [6, 6.07) is 0. The third-order valence-electron chi connectivity index (χ3n) is 0.503. The number of rotatable bonds is 3. The van der Waals surface area contributed by atoms with E-state index in [0.29, 0.717) is 10.2 Å². The highest BCUT2D eigenvalue weighted by Gasteiger charge is 1.93. The SMILES string of the molecule is O=CCCC(Br)Br. The predicted molar refractivity (Wildman–Crippen MR) is 36.9 cm³/mol. The molecule has 0 aliphatic rings. The number of carbonyl (C=O) groups is 1. The van der Waals surface area contributed by atoms with Crippen LogP contribution in [0.2, 0.25) is 0 Å². The van der Waals surface area contributed by atoms with E-state index in [0.717, 1.165) is 12.7 Å². The fourth-order valence-corrected chi connectivity index (χ4v) is 0.723. The van der Waals surface area contributed by atoms with Crippen LogP contribution in [-0.2, 0) is 4.79 Å². The van der Waals surface area contributed by atoms with E-state index in [2.05, 4.69) is 31.9 Å². The maximum atomic E-state index is 9.67. The molecule has 0 bridgehead atoms. The molecule has 0 rings (SSSR count). The predicted octanol–water partition coefficient (Wildman–Crippen LogP) is 2.08. The Morgan fingerprint density at radius 2 is 2.14 bits per heavy atom. The maximum Gasteiger partial charge on any atom is 0.120 e. The molecule has 0 unspecified atom stereocenters. The van der Waals surface area contributed by atoms with E-state index in [1.54, 1.807) is 0 Å². The van der Waals surface area contributed by atoms with Crippen molar-refractivity contribution in [3.63, 3.8) is 0 Å². The molecule has 1 nitrogen and oxygen atoms in total. The number of hydrogen-bond donors (Lipinski definition) is 0. The summed E-state index contributed by atoms with van der Waals surface area (Å²) in [5.41, 5.74) is 0. The number of hydrogen-bond acceptors (Lipinski definition) is 1. The first kappa shape index (κ1) is 7.63. The summed E-state index contributed by atoms with van der Waals surface area (Å²) in [4.78, 5) is 9.67. The largest absolute Gasteiger partial charge is 0.303 e. The van der Waals surface area contributed by atoms with Gasteiger partial charge in [0.2, 0.25) is 0 Å². The van der Waals surface area contributed by atoms with Crippen molar-refractivity contribution < 1.29 is 4.79 Å². The highest BCUT2D eigenvalue weighted by molar-refractivity contribution is 9.24. The second kappa shape index (κ2) is 4.78. The minimum Gasteiger partial charge on any atom is -0.303 e. The Labute approximate surface area is 59.7 Å². The molecule has 42 valence electrons. The van der Waals surface area contributed by atoms with Gasteiger partial charge in [-0.05, 0) is 6.42 Å². The molecule has 0 atom stereocenters. The zero-order valence-electron chi connectivity index (χ0n) is 3.73. The lowest BCUT2D eigenvalue weighted by molar-refractivity contribution is -0.107. The molecule has 0 fully saturated rings. The number of aldehydes is 1. The topological polar surface area (TPSA) is 17.1 Å². The molecule has 0 saturated heterocycles. The molecule has 3 heteroatoms. The zero-order chi connectivity index (χ0) is 5.70. The van der Waals surface area contributed by atoms with Gasteiger partial charge in [0, 0.05) is 6.42 Å². The molecule has 0 heterocycles. The van der Waals surface area contributed by atoms with Gasteiger partial charge in [-0.25, -0.2) is 0 Å². The highest BCUT2D eigenvalue weighted by Crippen LogP contribution is 2.12. The molecular weight excluding hydrogens is 224 g/mol. The Balaban J connectivity index is 2.81. The minimum absolute atomic E-state index is 0.296. The average molecular weight is 230 g/mol. The summed E-state index contributed by atoms with van der Waals surface area (Å²) in [5.74, 6) is 0. The Bertz CT molecular complexity index is 53.7. The third kappa shape index (κ3) is 6.63. The van der Waals surface area contributed by atoms with E-state index >= 15 is 0 Å². The van der Waals surface area contributed by atoms with Crippen LogP contribution in [0.25, 0.3) is 0 Å². The Kier molecular flexibility index (Phi) is 5.21. The van der Waals surface area contributed by atoms with E-state index < -0.39 is 0 Å². The van der Waals surface area contributed by atoms with Gasteiger partial charge in [0.05, 0.1) is 3.74 Å². The van der Waals surface area contributed by atoms with Crippen LogP contribution in [0.1, 0.15) is 12.8 Å². The van der Waals surface area contributed by atoms with Crippen molar-refractivity contribution in [2.75, 3.05) is 0 Å². The first-order chi connectivity index (χ1) is 3.27. The van der Waals surface area contributed by atoms with Crippen LogP contribution in [0, 0.1) is 0 Å². The quantitative estimate of drug-likeness (QED) is 0.535. The van der Waals surface area contributed by atoms with Gasteiger partial charge in [0.25, 0.3) is 0 Å². The molecule has 0 aliphatic heterocycles. The van der Waals surface area contributed by atoms with Crippen molar-refractivity contribution in [3.05, 3.63) is 0 Å². The number of carbonyl (C=O) groups excluding carboxylic acids is 1. The molecule has 0 amide bonds. The van der Waals surface area contributed by atoms with Gasteiger partial charge in [-0.2, -0.15) is 0 Å². The third-order valence-corrected chi connectivity index (χ3v) is 1.42. The molecule has 7 heavy (non-hydrogen) atoms. The zero-order valence-corrected chi connectivity index (χ0v) is 6.91. The van der Waals surface area contributed by atoms with Gasteiger partial charge < -0.3 is 4.79 Å². The summed E-state index contributed by atoms with van der Waals surface area (Å²) in [6.07, 6.45) is 2.40. The van der Waals surface area contributed by atoms with Crippen molar-refractivity contribution in [2.45, 2.75) is 16.6 Å². The molecule has 0 aromatic rings. The molecule has 0 radical (unpaired) electrons. The highest BCUT2D eigenvalue weighted by atomic mass is 79.9. The van der Waals surface area contributed by atoms with Crippen molar-refractivity contribution in [1.29, 1.82) is 0 Å². The van der Waals surface area contributed by atoms with Gasteiger partial charge in [0.15, 0.2) is 0 Å². The number of halogens is 2. The van der Waals surface area contributed by atoms with E-state index in [-0.39, 0.29) is 0 Å². The van der Waals surface area contributed by atoms with E-state index in [9.17, 15) is 4.79 Å². The van der Waals surface area contributed by atoms with Crippen molar-refractivity contribution in [3.8, 4) is 0 Å². The Hall–Kier alpha value is 0.630. The van der Waals surface area contributed by atoms with Crippen molar-refractivity contribution in [1.82, 2.24) is 0 Å². The number of alkyl halides is 2. The van der Waals surface area contributed by atoms with Gasteiger partial charge in [-0.3, -0.25) is 0 Å². The van der Waals surface area contributed by atoms with E-state index in [1.807, 2.05) is 0 Å². The normalized spacial score (nSPS) is 9.57. The lowest BCUT2D eigenvalue weighted by Gasteiger charge is -1.91. The van der Waals surface area contributed by atoms with Crippen LogP contribution in [-0.4, -0.2) is 10.0 Å². The van der Waals surface area contributed by atoms with Crippen LogP contribution < -0.4 is 0 Å². The van der Waals surface area contributed by atoms with Crippen LogP contribution in [0.5, 0.6) is 0 Å². The standard InChI is InChI=1S/C4H6Br2O/c5-4(6)2-1-3-7/h3-4H,1-2H2. The fraction of sp³-hybridized carbons (Fsp3) is 0.750. The fourth-order valence-electron chi connectivity index (χ4n) is 0.194. The van der Waals surface area contributed by atoms with E-state index in [1.165, 1.54) is 0 Å². The second-order valence-corrected chi connectivity index (χ2v) is 4.57. The van der Waals surface area contributed by atoms with Crippen LogP contribution in [0.3, 0.4) is 0 Å². The molecule has 0 saturated carbocycles. The maximum absolute atomic E-state index is 9.67. The molecular formula is C4H6Br2O. The molecule has 0 aromatic carbocycles. The Morgan fingerprint density at radius 1 is 1.57 bits per heavy atom. The average Bonchev–Trinajstić information content (AvgIpc) is 1.61. The molecule has 0 aliphatic carbocycles. The van der Waals surface area contributed by atoms with Gasteiger partial charge >= 0.3 is 0 Å². The molecule has 0 N–H and O–H groups in total. The van der Waals surface area contributed by atoms with Crippen molar-refractivity contribution >= 4 is 38.1 Å². The van der Waals surface area contributed by atoms with Crippen LogP contribution in [0.15, 0.2) is 0 Å². The van der Waals surface area contributed by atoms with Gasteiger partial charge in [-0.1, -0.05) is 31.9 Å².